The third kappa shape index (κ3) is 4.57. The SMILES string of the molecule is O=C(C[NH+]1CCCC1)NN(Cc1ccccc1)c1ccccc1. The second kappa shape index (κ2) is 7.79. The molecule has 1 aliphatic rings. The highest BCUT2D eigenvalue weighted by molar-refractivity contribution is 5.78. The summed E-state index contributed by atoms with van der Waals surface area (Å²) in [7, 11) is 0. The van der Waals surface area contributed by atoms with Gasteiger partial charge in [0.2, 0.25) is 0 Å². The first-order valence-electron chi connectivity index (χ1n) is 8.31. The molecular weight excluding hydrogens is 286 g/mol. The number of para-hydroxylation sites is 1. The number of anilines is 1. The smallest absolute Gasteiger partial charge is 0.293 e. The Morgan fingerprint density at radius 3 is 2.22 bits per heavy atom. The standard InChI is InChI=1S/C19H23N3O/c23-19(16-21-13-7-8-14-21)20-22(18-11-5-2-6-12-18)15-17-9-3-1-4-10-17/h1-6,9-12H,7-8,13-16H2,(H,20,23)/p+1. The van der Waals surface area contributed by atoms with E-state index >= 15 is 0 Å². The van der Waals surface area contributed by atoms with E-state index in [0.29, 0.717) is 13.1 Å². The van der Waals surface area contributed by atoms with Crippen LogP contribution in [0.1, 0.15) is 18.4 Å². The molecule has 1 saturated heterocycles. The average molecular weight is 310 g/mol. The van der Waals surface area contributed by atoms with Crippen molar-refractivity contribution in [1.29, 1.82) is 0 Å². The van der Waals surface area contributed by atoms with E-state index in [1.807, 2.05) is 53.5 Å². The van der Waals surface area contributed by atoms with Crippen molar-refractivity contribution in [1.82, 2.24) is 5.43 Å². The van der Waals surface area contributed by atoms with Gasteiger partial charge in [0.05, 0.1) is 25.3 Å². The molecule has 0 spiro atoms. The van der Waals surface area contributed by atoms with Gasteiger partial charge in [-0.1, -0.05) is 48.5 Å². The van der Waals surface area contributed by atoms with Crippen molar-refractivity contribution in [2.45, 2.75) is 19.4 Å². The minimum absolute atomic E-state index is 0.0849. The van der Waals surface area contributed by atoms with E-state index in [1.165, 1.54) is 23.3 Å². The zero-order chi connectivity index (χ0) is 15.9. The molecule has 0 saturated carbocycles. The van der Waals surface area contributed by atoms with Gasteiger partial charge < -0.3 is 4.90 Å². The molecule has 1 fully saturated rings. The molecule has 2 aromatic carbocycles. The van der Waals surface area contributed by atoms with Crippen LogP contribution in [-0.2, 0) is 11.3 Å². The van der Waals surface area contributed by atoms with Crippen molar-refractivity contribution in [3.8, 4) is 0 Å². The van der Waals surface area contributed by atoms with E-state index in [0.717, 1.165) is 18.8 Å². The van der Waals surface area contributed by atoms with Crippen LogP contribution in [0.5, 0.6) is 0 Å². The Morgan fingerprint density at radius 1 is 0.957 bits per heavy atom. The maximum absolute atomic E-state index is 12.4. The van der Waals surface area contributed by atoms with Crippen LogP contribution in [0, 0.1) is 0 Å². The van der Waals surface area contributed by atoms with Gasteiger partial charge in [0.25, 0.3) is 5.91 Å². The molecule has 2 aromatic rings. The first-order chi connectivity index (χ1) is 11.3. The van der Waals surface area contributed by atoms with Crippen molar-refractivity contribution in [2.24, 2.45) is 0 Å². The van der Waals surface area contributed by atoms with Crippen molar-refractivity contribution < 1.29 is 9.69 Å². The van der Waals surface area contributed by atoms with Gasteiger partial charge in [-0.25, -0.2) is 0 Å². The summed E-state index contributed by atoms with van der Waals surface area (Å²) in [5, 5.41) is 1.94. The molecule has 3 rings (SSSR count). The number of hydrazine groups is 1. The largest absolute Gasteiger partial charge is 0.327 e. The highest BCUT2D eigenvalue weighted by atomic mass is 16.2. The van der Waals surface area contributed by atoms with E-state index in [9.17, 15) is 4.79 Å². The van der Waals surface area contributed by atoms with Crippen LogP contribution in [-0.4, -0.2) is 25.5 Å². The second-order valence-electron chi connectivity index (χ2n) is 6.08. The molecule has 23 heavy (non-hydrogen) atoms. The molecule has 120 valence electrons. The molecule has 0 atom stereocenters. The van der Waals surface area contributed by atoms with Crippen LogP contribution < -0.4 is 15.3 Å². The first kappa shape index (κ1) is 15.6. The normalized spacial score (nSPS) is 14.6. The predicted octanol–water partition coefficient (Wildman–Crippen LogP) is 1.40. The van der Waals surface area contributed by atoms with Crippen LogP contribution in [0.15, 0.2) is 60.7 Å². The molecule has 1 heterocycles. The van der Waals surface area contributed by atoms with E-state index in [4.69, 9.17) is 0 Å². The summed E-state index contributed by atoms with van der Waals surface area (Å²) in [5.74, 6) is 0.0849. The maximum Gasteiger partial charge on any atom is 0.293 e. The Kier molecular flexibility index (Phi) is 5.27. The van der Waals surface area contributed by atoms with Gasteiger partial charge in [0.15, 0.2) is 6.54 Å². The molecule has 4 nitrogen and oxygen atoms in total. The number of amides is 1. The van der Waals surface area contributed by atoms with Gasteiger partial charge in [0.1, 0.15) is 0 Å². The first-order valence-corrected chi connectivity index (χ1v) is 8.31. The molecule has 0 radical (unpaired) electrons. The van der Waals surface area contributed by atoms with Gasteiger partial charge in [-0.2, -0.15) is 0 Å². The molecule has 0 aromatic heterocycles. The molecular formula is C19H24N3O+. The van der Waals surface area contributed by atoms with Crippen LogP contribution in [0.25, 0.3) is 0 Å². The fourth-order valence-electron chi connectivity index (χ4n) is 3.04. The molecule has 0 aliphatic carbocycles. The van der Waals surface area contributed by atoms with E-state index in [2.05, 4.69) is 17.6 Å². The quantitative estimate of drug-likeness (QED) is 0.792. The zero-order valence-electron chi connectivity index (χ0n) is 13.4. The number of hydrogen-bond donors (Lipinski definition) is 2. The van der Waals surface area contributed by atoms with Crippen LogP contribution in [0.4, 0.5) is 5.69 Å². The third-order valence-electron chi connectivity index (χ3n) is 4.23. The van der Waals surface area contributed by atoms with Crippen molar-refractivity contribution in [3.63, 3.8) is 0 Å². The van der Waals surface area contributed by atoms with Crippen molar-refractivity contribution >= 4 is 11.6 Å². The molecule has 0 bridgehead atoms. The minimum atomic E-state index is 0.0849. The van der Waals surface area contributed by atoms with Gasteiger partial charge in [-0.3, -0.25) is 15.2 Å². The number of quaternary nitrogens is 1. The zero-order valence-corrected chi connectivity index (χ0v) is 13.4. The Bertz CT molecular complexity index is 609. The number of hydrogen-bond acceptors (Lipinski definition) is 2. The molecule has 0 unspecified atom stereocenters. The summed E-state index contributed by atoms with van der Waals surface area (Å²) in [6.07, 6.45) is 2.46. The Labute approximate surface area is 137 Å². The van der Waals surface area contributed by atoms with Crippen LogP contribution in [0.3, 0.4) is 0 Å². The lowest BCUT2D eigenvalue weighted by molar-refractivity contribution is -0.879. The van der Waals surface area contributed by atoms with Crippen molar-refractivity contribution in [3.05, 3.63) is 66.2 Å². The number of carbonyl (C=O) groups is 1. The number of likely N-dealkylation sites (tertiary alicyclic amines) is 1. The highest BCUT2D eigenvalue weighted by Crippen LogP contribution is 2.14. The number of nitrogens with zero attached hydrogens (tertiary/aromatic N) is 1. The van der Waals surface area contributed by atoms with E-state index in [1.54, 1.807) is 0 Å². The maximum atomic E-state index is 12.4. The molecule has 4 heteroatoms. The molecule has 1 amide bonds. The monoisotopic (exact) mass is 310 g/mol. The van der Waals surface area contributed by atoms with Crippen LogP contribution >= 0.6 is 0 Å². The number of carbonyl (C=O) groups excluding carboxylic acids is 1. The lowest BCUT2D eigenvalue weighted by Crippen LogP contribution is -3.11. The number of nitrogens with one attached hydrogen (secondary N) is 2. The van der Waals surface area contributed by atoms with Gasteiger partial charge in [-0.15, -0.1) is 0 Å². The molecule has 2 N–H and O–H groups in total. The summed E-state index contributed by atoms with van der Waals surface area (Å²) >= 11 is 0. The Hall–Kier alpha value is -2.33. The van der Waals surface area contributed by atoms with E-state index in [-0.39, 0.29) is 5.91 Å². The fourth-order valence-corrected chi connectivity index (χ4v) is 3.04. The number of benzene rings is 2. The third-order valence-corrected chi connectivity index (χ3v) is 4.23. The van der Waals surface area contributed by atoms with Crippen LogP contribution in [0.2, 0.25) is 0 Å². The number of rotatable bonds is 6. The van der Waals surface area contributed by atoms with Gasteiger partial charge >= 0.3 is 0 Å². The Balaban J connectivity index is 1.68. The van der Waals surface area contributed by atoms with Crippen molar-refractivity contribution in [2.75, 3.05) is 24.6 Å². The average Bonchev–Trinajstić information content (AvgIpc) is 3.09. The minimum Gasteiger partial charge on any atom is -0.327 e. The Morgan fingerprint density at radius 2 is 1.57 bits per heavy atom. The lowest BCUT2D eigenvalue weighted by Gasteiger charge is -2.26. The predicted molar refractivity (Wildman–Crippen MR) is 92.0 cm³/mol. The molecule has 1 aliphatic heterocycles. The van der Waals surface area contributed by atoms with Gasteiger partial charge in [0, 0.05) is 12.8 Å². The van der Waals surface area contributed by atoms with Gasteiger partial charge in [-0.05, 0) is 17.7 Å². The fraction of sp³-hybridized carbons (Fsp3) is 0.316. The summed E-state index contributed by atoms with van der Waals surface area (Å²) in [5.41, 5.74) is 5.25. The second-order valence-corrected chi connectivity index (χ2v) is 6.08. The summed E-state index contributed by atoms with van der Waals surface area (Å²) in [6, 6.07) is 20.2. The highest BCUT2D eigenvalue weighted by Gasteiger charge is 2.20. The van der Waals surface area contributed by atoms with E-state index < -0.39 is 0 Å². The summed E-state index contributed by atoms with van der Waals surface area (Å²) in [6.45, 7) is 3.43. The summed E-state index contributed by atoms with van der Waals surface area (Å²) in [4.78, 5) is 13.8. The lowest BCUT2D eigenvalue weighted by atomic mass is 10.2. The summed E-state index contributed by atoms with van der Waals surface area (Å²) < 4.78 is 0. The topological polar surface area (TPSA) is 36.8 Å².